The highest BCUT2D eigenvalue weighted by molar-refractivity contribution is 5.27. The third-order valence-electron chi connectivity index (χ3n) is 1.94. The molecule has 1 aromatic rings. The molecule has 0 aliphatic carbocycles. The van der Waals surface area contributed by atoms with Crippen LogP contribution in [0, 0.1) is 6.92 Å². The Labute approximate surface area is 73.4 Å². The summed E-state index contributed by atoms with van der Waals surface area (Å²) in [5.74, 6) is 0. The van der Waals surface area contributed by atoms with E-state index in [-0.39, 0.29) is 0 Å². The Morgan fingerprint density at radius 3 is 2.75 bits per heavy atom. The van der Waals surface area contributed by atoms with Gasteiger partial charge in [0.1, 0.15) is 0 Å². The lowest BCUT2D eigenvalue weighted by Crippen LogP contribution is -1.97. The van der Waals surface area contributed by atoms with Crippen molar-refractivity contribution in [3.05, 3.63) is 48.0 Å². The molecule has 1 rings (SSSR count). The van der Waals surface area contributed by atoms with Crippen LogP contribution in [0.25, 0.3) is 0 Å². The molecule has 1 N–H and O–H groups in total. The summed E-state index contributed by atoms with van der Waals surface area (Å²) >= 11 is 0. The lowest BCUT2D eigenvalue weighted by atomic mass is 10.0. The lowest BCUT2D eigenvalue weighted by Gasteiger charge is -2.10. The first-order chi connectivity index (χ1) is 5.75. The zero-order chi connectivity index (χ0) is 8.97. The van der Waals surface area contributed by atoms with Crippen LogP contribution in [0.4, 0.5) is 0 Å². The fourth-order valence-electron chi connectivity index (χ4n) is 1.25. The molecule has 0 amide bonds. The van der Waals surface area contributed by atoms with Gasteiger partial charge in [0.05, 0.1) is 6.10 Å². The van der Waals surface area contributed by atoms with E-state index in [1.165, 1.54) is 0 Å². The summed E-state index contributed by atoms with van der Waals surface area (Å²) in [6.45, 7) is 5.60. The van der Waals surface area contributed by atoms with Crippen molar-refractivity contribution in [2.45, 2.75) is 19.4 Å². The van der Waals surface area contributed by atoms with Crippen LogP contribution in [0.1, 0.15) is 23.7 Å². The van der Waals surface area contributed by atoms with Gasteiger partial charge in [0, 0.05) is 0 Å². The molecule has 64 valence electrons. The number of hydrogen-bond donors (Lipinski definition) is 1. The Balaban J connectivity index is 2.86. The van der Waals surface area contributed by atoms with E-state index < -0.39 is 6.10 Å². The number of aliphatic hydroxyl groups is 1. The SMILES string of the molecule is C=CC[C@@H](O)c1ccccc1C. The van der Waals surface area contributed by atoms with E-state index in [1.54, 1.807) is 6.08 Å². The van der Waals surface area contributed by atoms with Gasteiger partial charge in [-0.25, -0.2) is 0 Å². The zero-order valence-corrected chi connectivity index (χ0v) is 7.33. The molecule has 0 aliphatic rings. The molecule has 0 heterocycles. The first-order valence-electron chi connectivity index (χ1n) is 4.10. The molecule has 12 heavy (non-hydrogen) atoms. The Kier molecular flexibility index (Phi) is 3.06. The monoisotopic (exact) mass is 162 g/mol. The smallest absolute Gasteiger partial charge is 0.0826 e. The number of benzene rings is 1. The molecule has 0 spiro atoms. The van der Waals surface area contributed by atoms with Gasteiger partial charge in [0.15, 0.2) is 0 Å². The topological polar surface area (TPSA) is 20.2 Å². The highest BCUT2D eigenvalue weighted by atomic mass is 16.3. The van der Waals surface area contributed by atoms with E-state index in [0.29, 0.717) is 6.42 Å². The molecule has 1 heteroatoms. The van der Waals surface area contributed by atoms with Gasteiger partial charge in [-0.05, 0) is 24.5 Å². The molecule has 0 aromatic heterocycles. The number of aryl methyl sites for hydroxylation is 1. The second-order valence-corrected chi connectivity index (χ2v) is 2.90. The Morgan fingerprint density at radius 1 is 1.50 bits per heavy atom. The molecule has 1 aromatic carbocycles. The van der Waals surface area contributed by atoms with E-state index in [1.807, 2.05) is 31.2 Å². The predicted molar refractivity (Wildman–Crippen MR) is 51.0 cm³/mol. The first kappa shape index (κ1) is 9.01. The van der Waals surface area contributed by atoms with Crippen LogP contribution in [0.15, 0.2) is 36.9 Å². The van der Waals surface area contributed by atoms with Crippen LogP contribution in [-0.2, 0) is 0 Å². The summed E-state index contributed by atoms with van der Waals surface area (Å²) in [7, 11) is 0. The third-order valence-corrected chi connectivity index (χ3v) is 1.94. The zero-order valence-electron chi connectivity index (χ0n) is 7.33. The van der Waals surface area contributed by atoms with E-state index in [9.17, 15) is 5.11 Å². The van der Waals surface area contributed by atoms with Crippen LogP contribution >= 0.6 is 0 Å². The van der Waals surface area contributed by atoms with Crippen molar-refractivity contribution >= 4 is 0 Å². The van der Waals surface area contributed by atoms with Crippen molar-refractivity contribution in [1.82, 2.24) is 0 Å². The van der Waals surface area contributed by atoms with Crippen molar-refractivity contribution in [3.8, 4) is 0 Å². The van der Waals surface area contributed by atoms with E-state index in [0.717, 1.165) is 11.1 Å². The minimum atomic E-state index is -0.399. The van der Waals surface area contributed by atoms with Crippen molar-refractivity contribution in [2.75, 3.05) is 0 Å². The molecule has 0 bridgehead atoms. The van der Waals surface area contributed by atoms with Crippen LogP contribution in [0.2, 0.25) is 0 Å². The third kappa shape index (κ3) is 1.95. The summed E-state index contributed by atoms with van der Waals surface area (Å²) in [4.78, 5) is 0. The molecule has 1 atom stereocenters. The largest absolute Gasteiger partial charge is 0.388 e. The summed E-state index contributed by atoms with van der Waals surface area (Å²) in [5.41, 5.74) is 2.13. The van der Waals surface area contributed by atoms with Crippen molar-refractivity contribution in [1.29, 1.82) is 0 Å². The summed E-state index contributed by atoms with van der Waals surface area (Å²) in [5, 5.41) is 9.63. The molecule has 0 fully saturated rings. The minimum absolute atomic E-state index is 0.399. The molecule has 0 unspecified atom stereocenters. The predicted octanol–water partition coefficient (Wildman–Crippen LogP) is 2.60. The van der Waals surface area contributed by atoms with Gasteiger partial charge in [-0.3, -0.25) is 0 Å². The van der Waals surface area contributed by atoms with E-state index in [4.69, 9.17) is 0 Å². The highest BCUT2D eigenvalue weighted by Gasteiger charge is 2.06. The van der Waals surface area contributed by atoms with Crippen molar-refractivity contribution in [2.24, 2.45) is 0 Å². The second kappa shape index (κ2) is 4.07. The van der Waals surface area contributed by atoms with Crippen LogP contribution in [0.3, 0.4) is 0 Å². The maximum absolute atomic E-state index is 9.63. The number of aliphatic hydroxyl groups excluding tert-OH is 1. The Morgan fingerprint density at radius 2 is 2.17 bits per heavy atom. The van der Waals surface area contributed by atoms with E-state index in [2.05, 4.69) is 6.58 Å². The fourth-order valence-corrected chi connectivity index (χ4v) is 1.25. The molecule has 1 nitrogen and oxygen atoms in total. The first-order valence-corrected chi connectivity index (χ1v) is 4.10. The van der Waals surface area contributed by atoms with Crippen molar-refractivity contribution < 1.29 is 5.11 Å². The highest BCUT2D eigenvalue weighted by Crippen LogP contribution is 2.19. The maximum atomic E-state index is 9.63. The molecular weight excluding hydrogens is 148 g/mol. The van der Waals surface area contributed by atoms with Gasteiger partial charge in [0.2, 0.25) is 0 Å². The summed E-state index contributed by atoms with van der Waals surface area (Å²) < 4.78 is 0. The van der Waals surface area contributed by atoms with Gasteiger partial charge >= 0.3 is 0 Å². The fraction of sp³-hybridized carbons (Fsp3) is 0.273. The normalized spacial score (nSPS) is 12.5. The lowest BCUT2D eigenvalue weighted by molar-refractivity contribution is 0.181. The van der Waals surface area contributed by atoms with Gasteiger partial charge in [0.25, 0.3) is 0 Å². The van der Waals surface area contributed by atoms with Gasteiger partial charge in [-0.15, -0.1) is 6.58 Å². The second-order valence-electron chi connectivity index (χ2n) is 2.90. The Bertz CT molecular complexity index is 265. The minimum Gasteiger partial charge on any atom is -0.388 e. The average molecular weight is 162 g/mol. The Hall–Kier alpha value is -1.08. The number of rotatable bonds is 3. The van der Waals surface area contributed by atoms with Gasteiger partial charge in [-0.2, -0.15) is 0 Å². The molecule has 0 saturated heterocycles. The maximum Gasteiger partial charge on any atom is 0.0826 e. The molecule has 0 aliphatic heterocycles. The standard InChI is InChI=1S/C11H14O/c1-3-6-11(12)10-8-5-4-7-9(10)2/h3-5,7-8,11-12H,1,6H2,2H3/t11-/m1/s1. The van der Waals surface area contributed by atoms with Gasteiger partial charge in [-0.1, -0.05) is 30.3 Å². The number of hydrogen-bond acceptors (Lipinski definition) is 1. The molecule has 0 saturated carbocycles. The summed E-state index contributed by atoms with van der Waals surface area (Å²) in [6.07, 6.45) is 1.95. The average Bonchev–Trinajstić information content (AvgIpc) is 2.05. The molecule has 0 radical (unpaired) electrons. The van der Waals surface area contributed by atoms with Crippen LogP contribution in [0.5, 0.6) is 0 Å². The molecular formula is C11H14O. The van der Waals surface area contributed by atoms with E-state index >= 15 is 0 Å². The quantitative estimate of drug-likeness (QED) is 0.677. The van der Waals surface area contributed by atoms with Gasteiger partial charge < -0.3 is 5.11 Å². The summed E-state index contributed by atoms with van der Waals surface area (Å²) in [6, 6.07) is 7.86. The van der Waals surface area contributed by atoms with Crippen LogP contribution in [-0.4, -0.2) is 5.11 Å². The van der Waals surface area contributed by atoms with Crippen molar-refractivity contribution in [3.63, 3.8) is 0 Å². The van der Waals surface area contributed by atoms with Crippen LogP contribution < -0.4 is 0 Å².